The summed E-state index contributed by atoms with van der Waals surface area (Å²) < 4.78 is 22.9. The summed E-state index contributed by atoms with van der Waals surface area (Å²) >= 11 is 0. The molecular formula is C82H143NO13. The van der Waals surface area contributed by atoms with Gasteiger partial charge in [0.2, 0.25) is 5.91 Å². The van der Waals surface area contributed by atoms with E-state index in [0.29, 0.717) is 12.8 Å². The number of rotatable bonds is 64. The molecule has 0 aromatic carbocycles. The highest BCUT2D eigenvalue weighted by atomic mass is 16.7. The number of aliphatic hydroxyl groups is 8. The number of aliphatic hydroxyl groups excluding tert-OH is 8. The predicted octanol–water partition coefficient (Wildman–Crippen LogP) is 17.5. The molecule has 9 N–H and O–H groups in total. The Labute approximate surface area is 585 Å². The van der Waals surface area contributed by atoms with Gasteiger partial charge in [-0.3, -0.25) is 4.79 Å². The summed E-state index contributed by atoms with van der Waals surface area (Å²) in [5.74, 6) is -0.253. The van der Waals surface area contributed by atoms with Gasteiger partial charge in [-0.05, 0) is 96.3 Å². The molecule has 2 fully saturated rings. The number of carbonyl (C=O) groups excluding carboxylic acids is 1. The van der Waals surface area contributed by atoms with E-state index in [9.17, 15) is 45.6 Å². The fraction of sp³-hybridized carbons (Fsp3) is 0.768. The van der Waals surface area contributed by atoms with Gasteiger partial charge in [0.15, 0.2) is 12.6 Å². The van der Waals surface area contributed by atoms with Gasteiger partial charge in [-0.1, -0.05) is 316 Å². The van der Waals surface area contributed by atoms with Gasteiger partial charge in [0.05, 0.1) is 32.0 Å². The van der Waals surface area contributed by atoms with Crippen molar-refractivity contribution in [2.75, 3.05) is 19.8 Å². The van der Waals surface area contributed by atoms with Crippen molar-refractivity contribution in [3.8, 4) is 0 Å². The van der Waals surface area contributed by atoms with Gasteiger partial charge in [0.1, 0.15) is 48.8 Å². The minimum atomic E-state index is -1.80. The molecule has 2 saturated heterocycles. The molecule has 14 heteroatoms. The lowest BCUT2D eigenvalue weighted by atomic mass is 9.97. The first-order chi connectivity index (χ1) is 47.1. The van der Waals surface area contributed by atoms with Crippen molar-refractivity contribution in [2.45, 2.75) is 383 Å². The van der Waals surface area contributed by atoms with Gasteiger partial charge >= 0.3 is 0 Å². The molecule has 14 nitrogen and oxygen atoms in total. The lowest BCUT2D eigenvalue weighted by Gasteiger charge is -2.46. The molecule has 2 aliphatic rings. The first-order valence-electron chi connectivity index (χ1n) is 39.1. The van der Waals surface area contributed by atoms with E-state index in [0.717, 1.165) is 83.5 Å². The van der Waals surface area contributed by atoms with Crippen molar-refractivity contribution < 1.29 is 64.6 Å². The van der Waals surface area contributed by atoms with E-state index in [1.165, 1.54) is 193 Å². The van der Waals surface area contributed by atoms with Crippen LogP contribution in [0.3, 0.4) is 0 Å². The molecule has 2 aliphatic heterocycles. The molecular weight excluding hydrogens is 1210 g/mol. The zero-order valence-electron chi connectivity index (χ0n) is 60.6. The van der Waals surface area contributed by atoms with E-state index in [1.54, 1.807) is 6.08 Å². The van der Waals surface area contributed by atoms with Crippen molar-refractivity contribution in [2.24, 2.45) is 0 Å². The molecule has 0 radical (unpaired) electrons. The van der Waals surface area contributed by atoms with E-state index >= 15 is 0 Å². The van der Waals surface area contributed by atoms with Gasteiger partial charge < -0.3 is 65.1 Å². The zero-order chi connectivity index (χ0) is 69.4. The summed E-state index contributed by atoms with van der Waals surface area (Å²) in [6.45, 7) is 2.69. The molecule has 12 atom stereocenters. The SMILES string of the molecule is CC/C=C\C/C=C\C/C=C\C/C=C\C/C=C\C/C=C\CCCCCCCCCCCCCCCCCCC(=O)NC(COC1OC(CO)C(OC2OC(CO)C(O)C(O)C2O)C(O)C1O)C(O)/C=C/CC/C=C/CC/C=C/CCCCCCCCCCCCCCCCCCC. The Balaban J connectivity index is 1.65. The highest BCUT2D eigenvalue weighted by Gasteiger charge is 2.51. The van der Waals surface area contributed by atoms with Crippen LogP contribution < -0.4 is 5.32 Å². The second-order valence-electron chi connectivity index (χ2n) is 27.1. The number of allylic oxidation sites excluding steroid dienone is 17. The minimum Gasteiger partial charge on any atom is -0.394 e. The predicted molar refractivity (Wildman–Crippen MR) is 396 cm³/mol. The number of hydrogen-bond donors (Lipinski definition) is 9. The number of hydrogen-bond acceptors (Lipinski definition) is 13. The van der Waals surface area contributed by atoms with Crippen LogP contribution in [0, 0.1) is 0 Å². The first kappa shape index (κ1) is 88.7. The third kappa shape index (κ3) is 47.7. The number of unbranched alkanes of at least 4 members (excludes halogenated alkanes) is 35. The van der Waals surface area contributed by atoms with Crippen LogP contribution in [-0.2, 0) is 23.7 Å². The maximum Gasteiger partial charge on any atom is 0.220 e. The summed E-state index contributed by atoms with van der Waals surface area (Å²) in [6.07, 6.45) is 77.3. The third-order valence-electron chi connectivity index (χ3n) is 18.4. The summed E-state index contributed by atoms with van der Waals surface area (Å²) in [5.41, 5.74) is 0. The molecule has 0 saturated carbocycles. The summed E-state index contributed by atoms with van der Waals surface area (Å²) in [4.78, 5) is 13.4. The van der Waals surface area contributed by atoms with E-state index in [4.69, 9.17) is 18.9 Å². The Morgan fingerprint density at radius 3 is 1.15 bits per heavy atom. The molecule has 2 heterocycles. The monoisotopic (exact) mass is 1350 g/mol. The number of amides is 1. The molecule has 0 aliphatic carbocycles. The van der Waals surface area contributed by atoms with Gasteiger partial charge in [0.25, 0.3) is 0 Å². The van der Waals surface area contributed by atoms with Crippen LogP contribution in [0.15, 0.2) is 109 Å². The van der Waals surface area contributed by atoms with E-state index in [-0.39, 0.29) is 18.9 Å². The van der Waals surface area contributed by atoms with Crippen LogP contribution in [0.4, 0.5) is 0 Å². The van der Waals surface area contributed by atoms with Crippen LogP contribution >= 0.6 is 0 Å². The fourth-order valence-electron chi connectivity index (χ4n) is 12.3. The fourth-order valence-corrected chi connectivity index (χ4v) is 12.3. The smallest absolute Gasteiger partial charge is 0.220 e. The summed E-state index contributed by atoms with van der Waals surface area (Å²) in [6, 6.07) is -0.945. The molecule has 0 spiro atoms. The number of nitrogens with one attached hydrogen (secondary N) is 1. The van der Waals surface area contributed by atoms with Crippen LogP contribution in [0.2, 0.25) is 0 Å². The van der Waals surface area contributed by atoms with Gasteiger partial charge in [-0.15, -0.1) is 0 Å². The average molecular weight is 1350 g/mol. The Morgan fingerprint density at radius 1 is 0.385 bits per heavy atom. The average Bonchev–Trinajstić information content (AvgIpc) is 0.797. The molecule has 554 valence electrons. The van der Waals surface area contributed by atoms with E-state index in [1.807, 2.05) is 6.08 Å². The second-order valence-corrected chi connectivity index (χ2v) is 27.1. The molecule has 12 unspecified atom stereocenters. The molecule has 96 heavy (non-hydrogen) atoms. The summed E-state index contributed by atoms with van der Waals surface area (Å²) in [5, 5.41) is 87.6. The minimum absolute atomic E-state index is 0.253. The van der Waals surface area contributed by atoms with Crippen molar-refractivity contribution in [1.82, 2.24) is 5.32 Å². The molecule has 0 bridgehead atoms. The molecule has 0 aromatic rings. The van der Waals surface area contributed by atoms with Crippen LogP contribution in [-0.4, -0.2) is 140 Å². The lowest BCUT2D eigenvalue weighted by molar-refractivity contribution is -0.359. The number of ether oxygens (including phenoxy) is 4. The molecule has 1 amide bonds. The second kappa shape index (κ2) is 65.0. The third-order valence-corrected chi connectivity index (χ3v) is 18.4. The molecule has 0 aromatic heterocycles. The Morgan fingerprint density at radius 2 is 0.729 bits per heavy atom. The van der Waals surface area contributed by atoms with Crippen molar-refractivity contribution in [3.63, 3.8) is 0 Å². The van der Waals surface area contributed by atoms with Gasteiger partial charge in [-0.2, -0.15) is 0 Å². The lowest BCUT2D eigenvalue weighted by Crippen LogP contribution is -2.65. The van der Waals surface area contributed by atoms with E-state index < -0.39 is 86.8 Å². The van der Waals surface area contributed by atoms with Crippen LogP contribution in [0.1, 0.15) is 309 Å². The van der Waals surface area contributed by atoms with E-state index in [2.05, 4.69) is 116 Å². The van der Waals surface area contributed by atoms with Crippen molar-refractivity contribution >= 4 is 5.91 Å². The highest BCUT2D eigenvalue weighted by Crippen LogP contribution is 2.30. The van der Waals surface area contributed by atoms with Crippen LogP contribution in [0.5, 0.6) is 0 Å². The normalized spacial score (nSPS) is 22.9. The first-order valence-corrected chi connectivity index (χ1v) is 39.1. The Kier molecular flexibility index (Phi) is 60.1. The maximum absolute atomic E-state index is 13.4. The highest BCUT2D eigenvalue weighted by molar-refractivity contribution is 5.76. The zero-order valence-corrected chi connectivity index (χ0v) is 60.6. The number of carbonyl (C=O) groups is 1. The topological polar surface area (TPSA) is 228 Å². The van der Waals surface area contributed by atoms with Gasteiger partial charge in [0, 0.05) is 6.42 Å². The molecule has 2 rings (SSSR count). The van der Waals surface area contributed by atoms with Gasteiger partial charge in [-0.25, -0.2) is 0 Å². The maximum atomic E-state index is 13.4. The standard InChI is InChI=1S/C82H143NO13/c1-3-5-7-9-11-13-15-17-19-21-23-25-27-29-31-32-33-34-35-36-37-38-40-42-44-46-48-50-52-54-56-58-60-62-64-66-74(87)83-70(69-93-81-79(92)77(90)80(73(68-85)95-81)96-82-78(91)76(89)75(88)72(67-84)94-82)71(86)65-63-61-59-57-55-53-51-49-47-45-43-41-39-30-28-26-24-22-20-18-16-14-12-10-8-6-4-2/h5,7,11,13,17,19,23,25,29,31,33-34,47,49,55,57,63,65,70-73,75-82,84-86,88-92H,3-4,6,8-10,12,14-16,18,20-22,24,26-28,30,32,35-46,48,50-54,56,58-62,64,66-69H2,1-2H3,(H,83,87)/b7-5-,13-11-,19-17-,25-23-,31-29-,34-33-,49-47+,57-55+,65-63+. The van der Waals surface area contributed by atoms with Crippen LogP contribution in [0.25, 0.3) is 0 Å². The Bertz CT molecular complexity index is 2030. The van der Waals surface area contributed by atoms with Crippen molar-refractivity contribution in [3.05, 3.63) is 109 Å². The largest absolute Gasteiger partial charge is 0.394 e. The quantitative estimate of drug-likeness (QED) is 0.0204. The summed E-state index contributed by atoms with van der Waals surface area (Å²) in [7, 11) is 0. The van der Waals surface area contributed by atoms with Crippen molar-refractivity contribution in [1.29, 1.82) is 0 Å². The Hall–Kier alpha value is -3.35.